The standard InChI is InChI=1S/C18H26N4O3/c19-14-8-7-13(14)17(23)20-11-3-5-12(6-4-11)21-18(24)15-9-16(25-22-15)10-1-2-10/h9-14H,1-8,19H2,(H,20,23)(H,21,24). The van der Waals surface area contributed by atoms with Gasteiger partial charge in [0.15, 0.2) is 5.69 Å². The highest BCUT2D eigenvalue weighted by atomic mass is 16.5. The van der Waals surface area contributed by atoms with Crippen molar-refractivity contribution in [1.82, 2.24) is 15.8 Å². The zero-order chi connectivity index (χ0) is 17.4. The lowest BCUT2D eigenvalue weighted by Gasteiger charge is -2.35. The Bertz CT molecular complexity index is 647. The second-order valence-corrected chi connectivity index (χ2v) is 7.77. The van der Waals surface area contributed by atoms with Gasteiger partial charge in [0, 0.05) is 30.1 Å². The van der Waals surface area contributed by atoms with Crippen molar-refractivity contribution in [2.75, 3.05) is 0 Å². The molecule has 3 saturated carbocycles. The molecule has 3 fully saturated rings. The van der Waals surface area contributed by atoms with E-state index in [1.165, 1.54) is 0 Å². The molecular formula is C18H26N4O3. The van der Waals surface area contributed by atoms with E-state index in [4.69, 9.17) is 10.3 Å². The molecule has 3 aliphatic carbocycles. The molecule has 7 heteroatoms. The summed E-state index contributed by atoms with van der Waals surface area (Å²) in [6, 6.07) is 2.12. The first-order valence-electron chi connectivity index (χ1n) is 9.43. The molecule has 0 radical (unpaired) electrons. The SMILES string of the molecule is NC1CCC1C(=O)NC1CCC(NC(=O)c2cc(C3CC3)on2)CC1. The lowest BCUT2D eigenvalue weighted by molar-refractivity contribution is -0.129. The van der Waals surface area contributed by atoms with Crippen LogP contribution in [0.3, 0.4) is 0 Å². The number of carbonyl (C=O) groups is 2. The predicted molar refractivity (Wildman–Crippen MR) is 90.8 cm³/mol. The number of nitrogens with two attached hydrogens (primary N) is 1. The van der Waals surface area contributed by atoms with Gasteiger partial charge >= 0.3 is 0 Å². The van der Waals surface area contributed by atoms with Crippen LogP contribution in [0, 0.1) is 5.92 Å². The summed E-state index contributed by atoms with van der Waals surface area (Å²) in [7, 11) is 0. The number of rotatable bonds is 5. The summed E-state index contributed by atoms with van der Waals surface area (Å²) in [6.45, 7) is 0. The molecule has 7 nitrogen and oxygen atoms in total. The molecule has 2 amide bonds. The third-order valence-electron chi connectivity index (χ3n) is 5.81. The van der Waals surface area contributed by atoms with Crippen LogP contribution in [0.2, 0.25) is 0 Å². The predicted octanol–water partition coefficient (Wildman–Crippen LogP) is 1.45. The zero-order valence-electron chi connectivity index (χ0n) is 14.4. The quantitative estimate of drug-likeness (QED) is 0.747. The maximum atomic E-state index is 12.3. The van der Waals surface area contributed by atoms with E-state index < -0.39 is 0 Å². The number of amides is 2. The molecule has 0 spiro atoms. The van der Waals surface area contributed by atoms with Gasteiger partial charge in [0.2, 0.25) is 5.91 Å². The minimum Gasteiger partial charge on any atom is -0.360 e. The fourth-order valence-electron chi connectivity index (χ4n) is 3.76. The summed E-state index contributed by atoms with van der Waals surface area (Å²) < 4.78 is 5.24. The van der Waals surface area contributed by atoms with Crippen molar-refractivity contribution < 1.29 is 14.1 Å². The Balaban J connectivity index is 1.21. The van der Waals surface area contributed by atoms with Gasteiger partial charge in [-0.3, -0.25) is 9.59 Å². The summed E-state index contributed by atoms with van der Waals surface area (Å²) in [5.74, 6) is 1.21. The van der Waals surface area contributed by atoms with Crippen molar-refractivity contribution in [3.05, 3.63) is 17.5 Å². The largest absolute Gasteiger partial charge is 0.360 e. The Morgan fingerprint density at radius 2 is 1.68 bits per heavy atom. The molecule has 136 valence electrons. The van der Waals surface area contributed by atoms with E-state index in [0.717, 1.165) is 57.1 Å². The third-order valence-corrected chi connectivity index (χ3v) is 5.81. The Hall–Kier alpha value is -1.89. The summed E-state index contributed by atoms with van der Waals surface area (Å²) >= 11 is 0. The second-order valence-electron chi connectivity index (χ2n) is 7.77. The lowest BCUT2D eigenvalue weighted by atomic mass is 9.79. The van der Waals surface area contributed by atoms with Crippen LogP contribution in [0.15, 0.2) is 10.6 Å². The van der Waals surface area contributed by atoms with Gasteiger partial charge in [-0.05, 0) is 51.4 Å². The molecule has 2 unspecified atom stereocenters. The van der Waals surface area contributed by atoms with E-state index in [2.05, 4.69) is 15.8 Å². The first-order valence-corrected chi connectivity index (χ1v) is 9.43. The van der Waals surface area contributed by atoms with E-state index in [-0.39, 0.29) is 35.9 Å². The van der Waals surface area contributed by atoms with Crippen molar-refractivity contribution in [1.29, 1.82) is 0 Å². The summed E-state index contributed by atoms with van der Waals surface area (Å²) in [5, 5.41) is 10.0. The van der Waals surface area contributed by atoms with Gasteiger partial charge in [-0.1, -0.05) is 5.16 Å². The number of aromatic nitrogens is 1. The fraction of sp³-hybridized carbons (Fsp3) is 0.722. The van der Waals surface area contributed by atoms with Gasteiger partial charge in [0.05, 0.1) is 5.92 Å². The van der Waals surface area contributed by atoms with E-state index in [1.807, 2.05) is 0 Å². The van der Waals surface area contributed by atoms with Crippen LogP contribution < -0.4 is 16.4 Å². The van der Waals surface area contributed by atoms with Gasteiger partial charge < -0.3 is 20.9 Å². The first kappa shape index (κ1) is 16.6. The maximum absolute atomic E-state index is 12.3. The highest BCUT2D eigenvalue weighted by molar-refractivity contribution is 5.92. The summed E-state index contributed by atoms with van der Waals surface area (Å²) in [4.78, 5) is 24.4. The minimum absolute atomic E-state index is 0.00902. The Morgan fingerprint density at radius 3 is 2.24 bits per heavy atom. The molecular weight excluding hydrogens is 320 g/mol. The van der Waals surface area contributed by atoms with Crippen LogP contribution in [0.1, 0.15) is 73.5 Å². The van der Waals surface area contributed by atoms with Crippen molar-refractivity contribution in [2.24, 2.45) is 11.7 Å². The number of hydrogen-bond acceptors (Lipinski definition) is 5. The average Bonchev–Trinajstić information content (AvgIpc) is 3.32. The van der Waals surface area contributed by atoms with E-state index in [1.54, 1.807) is 6.07 Å². The van der Waals surface area contributed by atoms with Gasteiger partial charge in [-0.2, -0.15) is 0 Å². The topological polar surface area (TPSA) is 110 Å². The van der Waals surface area contributed by atoms with E-state index >= 15 is 0 Å². The molecule has 3 aliphatic rings. The first-order chi connectivity index (χ1) is 12.1. The highest BCUT2D eigenvalue weighted by Crippen LogP contribution is 2.40. The molecule has 4 N–H and O–H groups in total. The molecule has 0 aliphatic heterocycles. The second kappa shape index (κ2) is 6.78. The van der Waals surface area contributed by atoms with Crippen LogP contribution in [0.25, 0.3) is 0 Å². The molecule has 1 aromatic rings. The summed E-state index contributed by atoms with van der Waals surface area (Å²) in [6.07, 6.45) is 7.58. The number of nitrogens with one attached hydrogen (secondary N) is 2. The normalized spacial score (nSPS) is 31.9. The average molecular weight is 346 g/mol. The number of nitrogens with zero attached hydrogens (tertiary/aromatic N) is 1. The minimum atomic E-state index is -0.163. The highest BCUT2D eigenvalue weighted by Gasteiger charge is 2.35. The number of carbonyl (C=O) groups excluding carboxylic acids is 2. The van der Waals surface area contributed by atoms with Gasteiger partial charge in [-0.25, -0.2) is 0 Å². The fourth-order valence-corrected chi connectivity index (χ4v) is 3.76. The van der Waals surface area contributed by atoms with Gasteiger partial charge in [0.25, 0.3) is 5.91 Å². The van der Waals surface area contributed by atoms with Gasteiger partial charge in [-0.15, -0.1) is 0 Å². The molecule has 0 aromatic carbocycles. The molecule has 1 heterocycles. The van der Waals surface area contributed by atoms with Crippen LogP contribution >= 0.6 is 0 Å². The van der Waals surface area contributed by atoms with Crippen LogP contribution in [0.5, 0.6) is 0 Å². The van der Waals surface area contributed by atoms with E-state index in [9.17, 15) is 9.59 Å². The molecule has 0 bridgehead atoms. The van der Waals surface area contributed by atoms with Crippen LogP contribution in [0.4, 0.5) is 0 Å². The maximum Gasteiger partial charge on any atom is 0.273 e. The lowest BCUT2D eigenvalue weighted by Crippen LogP contribution is -2.52. The Labute approximate surface area is 147 Å². The smallest absolute Gasteiger partial charge is 0.273 e. The van der Waals surface area contributed by atoms with E-state index in [0.29, 0.717) is 11.6 Å². The Morgan fingerprint density at radius 1 is 1.00 bits per heavy atom. The van der Waals surface area contributed by atoms with Crippen LogP contribution in [-0.2, 0) is 4.79 Å². The van der Waals surface area contributed by atoms with Crippen molar-refractivity contribution in [2.45, 2.75) is 75.4 Å². The third kappa shape index (κ3) is 3.71. The molecule has 0 saturated heterocycles. The molecule has 1 aromatic heterocycles. The van der Waals surface area contributed by atoms with Crippen LogP contribution in [-0.4, -0.2) is 35.1 Å². The zero-order valence-corrected chi connectivity index (χ0v) is 14.4. The number of hydrogen-bond donors (Lipinski definition) is 3. The van der Waals surface area contributed by atoms with Crippen molar-refractivity contribution in [3.63, 3.8) is 0 Å². The molecule has 4 rings (SSSR count). The summed E-state index contributed by atoms with van der Waals surface area (Å²) in [5.41, 5.74) is 6.23. The Kier molecular flexibility index (Phi) is 4.50. The van der Waals surface area contributed by atoms with Crippen molar-refractivity contribution in [3.8, 4) is 0 Å². The van der Waals surface area contributed by atoms with Crippen molar-refractivity contribution >= 4 is 11.8 Å². The molecule has 25 heavy (non-hydrogen) atoms. The van der Waals surface area contributed by atoms with Gasteiger partial charge in [0.1, 0.15) is 5.76 Å². The monoisotopic (exact) mass is 346 g/mol. The molecule has 2 atom stereocenters.